The van der Waals surface area contributed by atoms with Crippen molar-refractivity contribution in [3.8, 4) is 6.07 Å². The van der Waals surface area contributed by atoms with E-state index >= 15 is 0 Å². The summed E-state index contributed by atoms with van der Waals surface area (Å²) in [5, 5.41) is 9.47. The molecule has 25 heavy (non-hydrogen) atoms. The Labute approximate surface area is 152 Å². The predicted molar refractivity (Wildman–Crippen MR) is 98.3 cm³/mol. The van der Waals surface area contributed by atoms with E-state index in [4.69, 9.17) is 9.16 Å². The van der Waals surface area contributed by atoms with Gasteiger partial charge in [0.25, 0.3) is 0 Å². The number of imide groups is 1. The molecule has 2 atom stereocenters. The van der Waals surface area contributed by atoms with E-state index in [1.165, 1.54) is 4.90 Å². The van der Waals surface area contributed by atoms with E-state index in [1.54, 1.807) is 0 Å². The summed E-state index contributed by atoms with van der Waals surface area (Å²) in [6.07, 6.45) is -0.0856. The number of ether oxygens (including phenoxy) is 1. The van der Waals surface area contributed by atoms with Gasteiger partial charge in [-0.3, -0.25) is 4.79 Å². The van der Waals surface area contributed by atoms with E-state index < -0.39 is 20.3 Å². The first-order valence-corrected chi connectivity index (χ1v) is 11.8. The molecule has 1 fully saturated rings. The van der Waals surface area contributed by atoms with Crippen LogP contribution in [0, 0.1) is 23.2 Å². The lowest BCUT2D eigenvalue weighted by atomic mass is 10.0. The van der Waals surface area contributed by atoms with Crippen molar-refractivity contribution < 1.29 is 18.8 Å². The number of carbonyl (C=O) groups excluding carboxylic acids is 2. The normalized spacial score (nSPS) is 19.7. The fraction of sp³-hybridized carbons (Fsp3) is 0.833. The summed E-state index contributed by atoms with van der Waals surface area (Å²) in [4.78, 5) is 25.5. The summed E-state index contributed by atoms with van der Waals surface area (Å²) in [5.74, 6) is -0.670. The molecule has 0 unspecified atom stereocenters. The molecule has 0 aromatic carbocycles. The van der Waals surface area contributed by atoms with Crippen LogP contribution in [0.25, 0.3) is 0 Å². The fourth-order valence-corrected chi connectivity index (χ4v) is 3.47. The summed E-state index contributed by atoms with van der Waals surface area (Å²) in [6.45, 7) is 15.4. The Kier molecular flexibility index (Phi) is 7.21. The third-order valence-corrected chi connectivity index (χ3v) is 9.82. The number of carbonyl (C=O) groups is 2. The van der Waals surface area contributed by atoms with Gasteiger partial charge in [-0.15, -0.1) is 0 Å². The summed E-state index contributed by atoms with van der Waals surface area (Å²) in [6, 6.07) is 1.93. The SMILES string of the molecule is CC(C)[C@H]1COC(=O)N1C(=O)C[C@H](C#N)CCO[Si](C)(C)C(C)(C)C. The molecule has 0 aromatic heterocycles. The molecule has 2 amide bonds. The van der Waals surface area contributed by atoms with E-state index in [1.807, 2.05) is 13.8 Å². The van der Waals surface area contributed by atoms with Crippen molar-refractivity contribution in [3.63, 3.8) is 0 Å². The second kappa shape index (κ2) is 8.32. The molecule has 0 aliphatic carbocycles. The maximum Gasteiger partial charge on any atom is 0.416 e. The molecule has 1 saturated heterocycles. The average Bonchev–Trinajstić information content (AvgIpc) is 2.86. The third-order valence-electron chi connectivity index (χ3n) is 5.28. The molecule has 0 spiro atoms. The molecular weight excluding hydrogens is 336 g/mol. The number of amides is 2. The van der Waals surface area contributed by atoms with E-state index in [9.17, 15) is 14.9 Å². The Morgan fingerprint density at radius 3 is 2.52 bits per heavy atom. The largest absolute Gasteiger partial charge is 0.447 e. The highest BCUT2D eigenvalue weighted by atomic mass is 28.4. The zero-order chi connectivity index (χ0) is 19.4. The van der Waals surface area contributed by atoms with Crippen molar-refractivity contribution in [2.45, 2.75) is 71.6 Å². The molecule has 0 radical (unpaired) electrons. The Bertz CT molecular complexity index is 534. The zero-order valence-electron chi connectivity index (χ0n) is 16.6. The van der Waals surface area contributed by atoms with Crippen LogP contribution in [0.5, 0.6) is 0 Å². The molecule has 142 valence electrons. The lowest BCUT2D eigenvalue weighted by Gasteiger charge is -2.36. The zero-order valence-corrected chi connectivity index (χ0v) is 17.6. The van der Waals surface area contributed by atoms with E-state index in [2.05, 4.69) is 39.9 Å². The minimum atomic E-state index is -1.87. The van der Waals surface area contributed by atoms with Crippen molar-refractivity contribution in [2.24, 2.45) is 11.8 Å². The van der Waals surface area contributed by atoms with Crippen molar-refractivity contribution >= 4 is 20.3 Å². The van der Waals surface area contributed by atoms with E-state index in [0.717, 1.165) is 0 Å². The summed E-state index contributed by atoms with van der Waals surface area (Å²) >= 11 is 0. The number of nitrogens with zero attached hydrogens (tertiary/aromatic N) is 2. The molecule has 1 rings (SSSR count). The second-order valence-corrected chi connectivity index (χ2v) is 13.4. The van der Waals surface area contributed by atoms with Gasteiger partial charge in [-0.2, -0.15) is 5.26 Å². The van der Waals surface area contributed by atoms with Gasteiger partial charge in [0, 0.05) is 13.0 Å². The van der Waals surface area contributed by atoms with E-state index in [-0.39, 0.29) is 35.9 Å². The predicted octanol–water partition coefficient (Wildman–Crippen LogP) is 3.93. The topological polar surface area (TPSA) is 79.6 Å². The summed E-state index contributed by atoms with van der Waals surface area (Å²) < 4.78 is 11.1. The van der Waals surface area contributed by atoms with Crippen LogP contribution in [0.1, 0.15) is 47.5 Å². The third kappa shape index (κ3) is 5.55. The lowest BCUT2D eigenvalue weighted by molar-refractivity contribution is -0.130. The highest BCUT2D eigenvalue weighted by molar-refractivity contribution is 6.74. The van der Waals surface area contributed by atoms with Crippen LogP contribution >= 0.6 is 0 Å². The van der Waals surface area contributed by atoms with Crippen molar-refractivity contribution in [3.05, 3.63) is 0 Å². The van der Waals surface area contributed by atoms with Crippen LogP contribution in [0.15, 0.2) is 0 Å². The smallest absolute Gasteiger partial charge is 0.416 e. The number of hydrogen-bond acceptors (Lipinski definition) is 5. The molecule has 7 heteroatoms. The van der Waals surface area contributed by atoms with Gasteiger partial charge < -0.3 is 9.16 Å². The minimum absolute atomic E-state index is 0.0235. The summed E-state index contributed by atoms with van der Waals surface area (Å²) in [7, 11) is -1.87. The minimum Gasteiger partial charge on any atom is -0.447 e. The van der Waals surface area contributed by atoms with Crippen molar-refractivity contribution in [1.29, 1.82) is 5.26 Å². The maximum absolute atomic E-state index is 12.5. The monoisotopic (exact) mass is 368 g/mol. The fourth-order valence-electron chi connectivity index (χ4n) is 2.41. The highest BCUT2D eigenvalue weighted by Gasteiger charge is 2.40. The van der Waals surface area contributed by atoms with Crippen LogP contribution in [0.4, 0.5) is 4.79 Å². The van der Waals surface area contributed by atoms with Gasteiger partial charge in [-0.1, -0.05) is 34.6 Å². The molecule has 6 nitrogen and oxygen atoms in total. The van der Waals surface area contributed by atoms with Crippen LogP contribution in [0.2, 0.25) is 18.1 Å². The van der Waals surface area contributed by atoms with Gasteiger partial charge in [-0.25, -0.2) is 9.69 Å². The molecule has 0 N–H and O–H groups in total. The number of hydrogen-bond donors (Lipinski definition) is 0. The Morgan fingerprint density at radius 1 is 1.44 bits per heavy atom. The molecule has 1 aliphatic rings. The summed E-state index contributed by atoms with van der Waals surface area (Å²) in [5.41, 5.74) is 0. The van der Waals surface area contributed by atoms with Gasteiger partial charge in [-0.05, 0) is 30.5 Å². The van der Waals surface area contributed by atoms with E-state index in [0.29, 0.717) is 13.0 Å². The lowest BCUT2D eigenvalue weighted by Crippen LogP contribution is -2.43. The first-order chi connectivity index (χ1) is 11.4. The number of cyclic esters (lactones) is 1. The Hall–Kier alpha value is -1.39. The molecule has 0 saturated carbocycles. The molecule has 1 aliphatic heterocycles. The number of rotatable bonds is 7. The maximum atomic E-state index is 12.5. The Morgan fingerprint density at radius 2 is 2.04 bits per heavy atom. The van der Waals surface area contributed by atoms with Gasteiger partial charge in [0.1, 0.15) is 6.61 Å². The second-order valence-electron chi connectivity index (χ2n) is 8.58. The Balaban J connectivity index is 2.60. The van der Waals surface area contributed by atoms with Crippen molar-refractivity contribution in [1.82, 2.24) is 4.90 Å². The first kappa shape index (κ1) is 21.6. The number of nitriles is 1. The van der Waals surface area contributed by atoms with Gasteiger partial charge >= 0.3 is 6.09 Å². The van der Waals surface area contributed by atoms with Gasteiger partial charge in [0.05, 0.1) is 18.0 Å². The van der Waals surface area contributed by atoms with Crippen LogP contribution in [-0.2, 0) is 14.0 Å². The van der Waals surface area contributed by atoms with Gasteiger partial charge in [0.2, 0.25) is 5.91 Å². The average molecular weight is 369 g/mol. The van der Waals surface area contributed by atoms with Crippen LogP contribution in [0.3, 0.4) is 0 Å². The first-order valence-electron chi connectivity index (χ1n) is 8.93. The molecule has 0 bridgehead atoms. The molecular formula is C18H32N2O4Si. The quantitative estimate of drug-likeness (QED) is 0.636. The van der Waals surface area contributed by atoms with Gasteiger partial charge in [0.15, 0.2) is 8.32 Å². The van der Waals surface area contributed by atoms with Crippen LogP contribution in [-0.4, -0.2) is 44.5 Å². The van der Waals surface area contributed by atoms with Crippen LogP contribution < -0.4 is 0 Å². The highest BCUT2D eigenvalue weighted by Crippen LogP contribution is 2.36. The molecule has 0 aromatic rings. The van der Waals surface area contributed by atoms with Crippen molar-refractivity contribution in [2.75, 3.05) is 13.2 Å². The molecule has 1 heterocycles. The standard InChI is InChI=1S/C18H32N2O4Si/c1-13(2)15-12-23-17(22)20(15)16(21)10-14(11-19)8-9-24-25(6,7)18(3,4)5/h13-15H,8-10,12H2,1-7H3/t14-,15-/m1/s1.